The van der Waals surface area contributed by atoms with Crippen molar-refractivity contribution in [3.8, 4) is 0 Å². The summed E-state index contributed by atoms with van der Waals surface area (Å²) < 4.78 is 36.6. The van der Waals surface area contributed by atoms with Crippen LogP contribution in [-0.4, -0.2) is 44.6 Å². The molecule has 0 aromatic heterocycles. The number of hydrogen-bond donors (Lipinski definition) is 1. The molecule has 0 saturated heterocycles. The molecule has 1 aromatic rings. The van der Waals surface area contributed by atoms with Gasteiger partial charge in [-0.25, -0.2) is 0 Å². The van der Waals surface area contributed by atoms with Crippen LogP contribution in [0.15, 0.2) is 29.2 Å². The second-order valence-corrected chi connectivity index (χ2v) is 15.3. The number of methoxy groups -OCH3 is 1. The lowest BCUT2D eigenvalue weighted by atomic mass is 9.43. The van der Waals surface area contributed by atoms with Crippen LogP contribution in [-0.2, 0) is 28.6 Å². The van der Waals surface area contributed by atoms with Crippen LogP contribution >= 0.6 is 0 Å². The van der Waals surface area contributed by atoms with E-state index in [0.717, 1.165) is 24.8 Å². The van der Waals surface area contributed by atoms with E-state index in [-0.39, 0.29) is 51.8 Å². The quantitative estimate of drug-likeness (QED) is 0.340. The van der Waals surface area contributed by atoms with E-state index in [1.54, 1.807) is 24.3 Å². The first kappa shape index (κ1) is 29.7. The van der Waals surface area contributed by atoms with Crippen LogP contribution in [0.1, 0.15) is 84.1 Å². The first-order valence-corrected chi connectivity index (χ1v) is 16.5. The van der Waals surface area contributed by atoms with Gasteiger partial charge in [0, 0.05) is 18.3 Å². The molecular formula is C32H46O7S. The summed E-state index contributed by atoms with van der Waals surface area (Å²) in [5.41, 5.74) is 0.368. The molecule has 0 unspecified atom stereocenters. The van der Waals surface area contributed by atoms with E-state index in [2.05, 4.69) is 20.8 Å². The van der Waals surface area contributed by atoms with Gasteiger partial charge in [-0.1, -0.05) is 38.5 Å². The van der Waals surface area contributed by atoms with Gasteiger partial charge in [-0.05, 0) is 105 Å². The summed E-state index contributed by atoms with van der Waals surface area (Å²) in [5.74, 6) is 0.902. The van der Waals surface area contributed by atoms with Crippen LogP contribution in [0, 0.1) is 53.3 Å². The fourth-order valence-corrected chi connectivity index (χ4v) is 10.6. The van der Waals surface area contributed by atoms with E-state index in [0.29, 0.717) is 44.3 Å². The summed E-state index contributed by atoms with van der Waals surface area (Å²) in [4.78, 5) is 26.0. The fourth-order valence-electron chi connectivity index (χ4n) is 9.52. The van der Waals surface area contributed by atoms with Crippen molar-refractivity contribution >= 4 is 21.9 Å². The smallest absolute Gasteiger partial charge is 0.305 e. The number of ketones is 1. The normalized spacial score (nSPS) is 40.0. The van der Waals surface area contributed by atoms with E-state index < -0.39 is 27.7 Å². The predicted octanol–water partition coefficient (Wildman–Crippen LogP) is 5.47. The molecule has 0 aliphatic heterocycles. The molecule has 4 fully saturated rings. The molecule has 0 spiro atoms. The Morgan fingerprint density at radius 2 is 1.80 bits per heavy atom. The molecule has 222 valence electrons. The summed E-state index contributed by atoms with van der Waals surface area (Å²) in [7, 11) is -2.46. The standard InChI is InChI=1S/C32H46O7S/c1-19-6-9-23(10-7-19)40(36,37)39-22-14-15-31(3)21(16-22)17-27(33)30-25-12-11-24(20(2)8-13-29(35)38-5)32(25,4)28(34)18-26(30)31/h6-7,9-10,20-22,24-27,30,33H,8,11-18H2,1-5H3/t20-,21+,22-,24-,25+,26+,27+,30+,31+,32-/m1/s1. The Balaban J connectivity index is 1.32. The van der Waals surface area contributed by atoms with E-state index in [1.807, 2.05) is 6.92 Å². The third kappa shape index (κ3) is 4.96. The lowest BCUT2D eigenvalue weighted by Crippen LogP contribution is -2.61. The van der Waals surface area contributed by atoms with Crippen LogP contribution in [0.25, 0.3) is 0 Å². The first-order chi connectivity index (χ1) is 18.8. The summed E-state index contributed by atoms with van der Waals surface area (Å²) in [6, 6.07) is 6.71. The number of Topliss-reactive ketones (excluding diaryl/α,β-unsaturated/α-hetero) is 1. The zero-order chi connectivity index (χ0) is 29.0. The third-order valence-corrected chi connectivity index (χ3v) is 13.2. The van der Waals surface area contributed by atoms with Crippen molar-refractivity contribution in [1.82, 2.24) is 0 Å². The van der Waals surface area contributed by atoms with Crippen LogP contribution in [0.4, 0.5) is 0 Å². The van der Waals surface area contributed by atoms with Crippen molar-refractivity contribution in [3.05, 3.63) is 29.8 Å². The van der Waals surface area contributed by atoms with Gasteiger partial charge in [0.25, 0.3) is 10.1 Å². The molecule has 1 N–H and O–H groups in total. The molecule has 7 nitrogen and oxygen atoms in total. The van der Waals surface area contributed by atoms with Gasteiger partial charge in [0.05, 0.1) is 24.2 Å². The van der Waals surface area contributed by atoms with Crippen molar-refractivity contribution in [2.45, 2.75) is 103 Å². The van der Waals surface area contributed by atoms with Gasteiger partial charge in [0.2, 0.25) is 0 Å². The highest BCUT2D eigenvalue weighted by atomic mass is 32.2. The second kappa shape index (κ2) is 10.8. The summed E-state index contributed by atoms with van der Waals surface area (Å²) in [5, 5.41) is 11.6. The average Bonchev–Trinajstić information content (AvgIpc) is 3.27. The monoisotopic (exact) mass is 574 g/mol. The summed E-state index contributed by atoms with van der Waals surface area (Å²) in [6.07, 6.45) is 5.06. The Hall–Kier alpha value is -1.77. The number of aliphatic hydroxyl groups is 1. The molecule has 8 heteroatoms. The van der Waals surface area contributed by atoms with Crippen LogP contribution in [0.3, 0.4) is 0 Å². The van der Waals surface area contributed by atoms with Gasteiger partial charge < -0.3 is 9.84 Å². The van der Waals surface area contributed by atoms with Gasteiger partial charge in [0.1, 0.15) is 5.78 Å². The lowest BCUT2D eigenvalue weighted by molar-refractivity contribution is -0.180. The van der Waals surface area contributed by atoms with Gasteiger partial charge in [-0.3, -0.25) is 13.8 Å². The maximum Gasteiger partial charge on any atom is 0.305 e. The number of aryl methyl sites for hydroxylation is 1. The zero-order valence-corrected chi connectivity index (χ0v) is 25.4. The van der Waals surface area contributed by atoms with E-state index in [9.17, 15) is 23.1 Å². The molecule has 0 bridgehead atoms. The Labute approximate surface area is 239 Å². The molecule has 5 rings (SSSR count). The molecule has 0 amide bonds. The number of aliphatic hydroxyl groups excluding tert-OH is 1. The number of carbonyl (C=O) groups excluding carboxylic acids is 2. The third-order valence-electron chi connectivity index (χ3n) is 11.9. The Kier molecular flexibility index (Phi) is 8.03. The van der Waals surface area contributed by atoms with Crippen LogP contribution in [0.2, 0.25) is 0 Å². The van der Waals surface area contributed by atoms with Crippen molar-refractivity contribution in [3.63, 3.8) is 0 Å². The number of ether oxygens (including phenoxy) is 1. The zero-order valence-electron chi connectivity index (χ0n) is 24.6. The molecule has 4 aliphatic carbocycles. The molecule has 40 heavy (non-hydrogen) atoms. The predicted molar refractivity (Wildman–Crippen MR) is 151 cm³/mol. The van der Waals surface area contributed by atoms with Gasteiger partial charge in [0.15, 0.2) is 0 Å². The molecule has 0 heterocycles. The van der Waals surface area contributed by atoms with Crippen LogP contribution in [0.5, 0.6) is 0 Å². The number of carbonyl (C=O) groups is 2. The maximum absolute atomic E-state index is 14.0. The van der Waals surface area contributed by atoms with Crippen molar-refractivity contribution in [1.29, 1.82) is 0 Å². The van der Waals surface area contributed by atoms with Crippen LogP contribution < -0.4 is 0 Å². The first-order valence-electron chi connectivity index (χ1n) is 15.1. The minimum atomic E-state index is -3.87. The van der Waals surface area contributed by atoms with Gasteiger partial charge in [-0.15, -0.1) is 0 Å². The van der Waals surface area contributed by atoms with Crippen molar-refractivity contribution < 1.29 is 32.0 Å². The number of hydrogen-bond acceptors (Lipinski definition) is 7. The highest BCUT2D eigenvalue weighted by Crippen LogP contribution is 2.67. The Bertz CT molecular complexity index is 1230. The minimum absolute atomic E-state index is 0.0653. The highest BCUT2D eigenvalue weighted by molar-refractivity contribution is 7.86. The number of esters is 1. The summed E-state index contributed by atoms with van der Waals surface area (Å²) in [6.45, 7) is 8.47. The molecule has 1 aromatic carbocycles. The number of rotatable bonds is 7. The van der Waals surface area contributed by atoms with E-state index >= 15 is 0 Å². The average molecular weight is 575 g/mol. The van der Waals surface area contributed by atoms with Crippen molar-refractivity contribution in [2.75, 3.05) is 7.11 Å². The molecule has 10 atom stereocenters. The molecule has 4 aliphatic rings. The second-order valence-electron chi connectivity index (χ2n) is 13.7. The van der Waals surface area contributed by atoms with Gasteiger partial charge >= 0.3 is 5.97 Å². The SMILES string of the molecule is COC(=O)CC[C@@H](C)[C@H]1CC[C@H]2[C@@H]3[C@@H](O)C[C@@H]4C[C@H](OS(=O)(=O)c5ccc(C)cc5)CC[C@]4(C)[C@H]3CC(=O)[C@]12C. The Morgan fingerprint density at radius 1 is 1.10 bits per heavy atom. The highest BCUT2D eigenvalue weighted by Gasteiger charge is 2.66. The maximum atomic E-state index is 14.0. The molecule has 0 radical (unpaired) electrons. The number of fused-ring (bicyclic) bond motifs is 5. The summed E-state index contributed by atoms with van der Waals surface area (Å²) >= 11 is 0. The molecule has 4 saturated carbocycles. The fraction of sp³-hybridized carbons (Fsp3) is 0.750. The topological polar surface area (TPSA) is 107 Å². The number of benzene rings is 1. The van der Waals surface area contributed by atoms with Crippen molar-refractivity contribution in [2.24, 2.45) is 46.3 Å². The van der Waals surface area contributed by atoms with Gasteiger partial charge in [-0.2, -0.15) is 8.42 Å². The van der Waals surface area contributed by atoms with E-state index in [1.165, 1.54) is 7.11 Å². The molecular weight excluding hydrogens is 528 g/mol. The largest absolute Gasteiger partial charge is 0.469 e. The lowest BCUT2D eigenvalue weighted by Gasteiger charge is -2.61. The minimum Gasteiger partial charge on any atom is -0.469 e. The Morgan fingerprint density at radius 3 is 2.48 bits per heavy atom. The van der Waals surface area contributed by atoms with E-state index in [4.69, 9.17) is 8.92 Å².